The number of likely N-dealkylation sites (tertiary alicyclic amines) is 1. The molecular weight excluding hydrogens is 598 g/mol. The fourth-order valence-electron chi connectivity index (χ4n) is 5.40. The van der Waals surface area contributed by atoms with Crippen LogP contribution in [0.25, 0.3) is 10.9 Å². The summed E-state index contributed by atoms with van der Waals surface area (Å²) >= 11 is 0. The number of carbonyl (C=O) groups is 5. The first-order valence-corrected chi connectivity index (χ1v) is 15.7. The van der Waals surface area contributed by atoms with Crippen LogP contribution in [0.4, 0.5) is 4.79 Å². The average Bonchev–Trinajstić information content (AvgIpc) is 3.54. The molecule has 2 aromatic rings. The smallest absolute Gasteiger partial charge is 0.409 e. The summed E-state index contributed by atoms with van der Waals surface area (Å²) < 4.78 is 16.5. The summed E-state index contributed by atoms with van der Waals surface area (Å²) in [5.74, 6) is -2.19. The zero-order chi connectivity index (χ0) is 33.2. The fourth-order valence-corrected chi connectivity index (χ4v) is 5.40. The van der Waals surface area contributed by atoms with Gasteiger partial charge < -0.3 is 39.3 Å². The molecule has 2 N–H and O–H groups in total. The minimum Gasteiger partial charge on any atom is -0.483 e. The number of unbranched alkanes of at least 4 members (excludes halogenated alkanes) is 1. The molecular formula is C32H43N5O9. The van der Waals surface area contributed by atoms with Crippen LogP contribution in [0.1, 0.15) is 55.1 Å². The first-order chi connectivity index (χ1) is 22.1. The van der Waals surface area contributed by atoms with Crippen molar-refractivity contribution in [2.24, 2.45) is 0 Å². The van der Waals surface area contributed by atoms with Gasteiger partial charge in [0, 0.05) is 64.3 Å². The summed E-state index contributed by atoms with van der Waals surface area (Å²) in [7, 11) is 1.61. The largest absolute Gasteiger partial charge is 0.483 e. The van der Waals surface area contributed by atoms with Crippen LogP contribution in [0.5, 0.6) is 5.75 Å². The fraction of sp³-hybridized carbons (Fsp3) is 0.562. The number of amides is 4. The highest BCUT2D eigenvalue weighted by Gasteiger charge is 2.32. The number of hydrogen-bond acceptors (Lipinski definition) is 9. The Kier molecular flexibility index (Phi) is 12.1. The van der Waals surface area contributed by atoms with Crippen molar-refractivity contribution in [1.29, 1.82) is 0 Å². The molecule has 0 aliphatic carbocycles. The van der Waals surface area contributed by atoms with Gasteiger partial charge in [0.1, 0.15) is 17.5 Å². The molecule has 4 amide bonds. The van der Waals surface area contributed by atoms with E-state index in [1.807, 2.05) is 19.9 Å². The first kappa shape index (κ1) is 34.4. The predicted octanol–water partition coefficient (Wildman–Crippen LogP) is 2.21. The zero-order valence-corrected chi connectivity index (χ0v) is 26.7. The molecule has 14 heteroatoms. The summed E-state index contributed by atoms with van der Waals surface area (Å²) in [6.07, 6.45) is 1.47. The summed E-state index contributed by atoms with van der Waals surface area (Å²) in [6, 6.07) is 5.73. The SMILES string of the molecule is CCCCOC(=O)N1CCN(C(=O)C(CCC(=O)O)NC(=O)c2cc(OCC(=O)N3CCC(OC)C3)c3ccc(C)cc3n2)CC1. The Labute approximate surface area is 267 Å². The molecule has 4 rings (SSSR count). The van der Waals surface area contributed by atoms with Gasteiger partial charge in [-0.3, -0.25) is 19.2 Å². The molecule has 0 bridgehead atoms. The lowest BCUT2D eigenvalue weighted by Gasteiger charge is -2.36. The number of pyridine rings is 1. The molecule has 2 fully saturated rings. The topological polar surface area (TPSA) is 168 Å². The molecule has 46 heavy (non-hydrogen) atoms. The number of piperazine rings is 1. The highest BCUT2D eigenvalue weighted by atomic mass is 16.6. The number of nitrogens with zero attached hydrogens (tertiary/aromatic N) is 4. The normalized spacial score (nSPS) is 17.1. The van der Waals surface area contributed by atoms with Gasteiger partial charge in [-0.1, -0.05) is 19.4 Å². The van der Waals surface area contributed by atoms with Gasteiger partial charge >= 0.3 is 12.1 Å². The van der Waals surface area contributed by atoms with Crippen molar-refractivity contribution in [1.82, 2.24) is 25.0 Å². The molecule has 14 nitrogen and oxygen atoms in total. The molecule has 1 aromatic heterocycles. The van der Waals surface area contributed by atoms with Gasteiger partial charge in [-0.05, 0) is 43.9 Å². The Balaban J connectivity index is 1.47. The van der Waals surface area contributed by atoms with Crippen LogP contribution in [0.2, 0.25) is 0 Å². The summed E-state index contributed by atoms with van der Waals surface area (Å²) in [6.45, 7) is 5.93. The number of rotatable bonds is 13. The Morgan fingerprint density at radius 3 is 2.46 bits per heavy atom. The second-order valence-corrected chi connectivity index (χ2v) is 11.5. The van der Waals surface area contributed by atoms with Gasteiger partial charge in [-0.2, -0.15) is 0 Å². The van der Waals surface area contributed by atoms with E-state index in [4.69, 9.17) is 14.2 Å². The van der Waals surface area contributed by atoms with Crippen LogP contribution >= 0.6 is 0 Å². The number of hydrogen-bond donors (Lipinski definition) is 2. The van der Waals surface area contributed by atoms with Crippen LogP contribution in [0.3, 0.4) is 0 Å². The van der Waals surface area contributed by atoms with E-state index in [9.17, 15) is 29.1 Å². The number of carboxylic acid groups (broad SMARTS) is 1. The standard InChI is InChI=1S/C32H43N5O9/c1-4-5-16-45-32(43)36-14-12-35(13-15-36)31(42)24(8-9-29(39)40)34-30(41)26-18-27(23-7-6-21(2)17-25(23)33-26)46-20-28(38)37-11-10-22(19-37)44-3/h6-7,17-18,22,24H,4-5,8-16,19-20H2,1-3H3,(H,34,41)(H,39,40). The molecule has 0 radical (unpaired) electrons. The molecule has 3 heterocycles. The zero-order valence-electron chi connectivity index (χ0n) is 26.7. The van der Waals surface area contributed by atoms with Crippen LogP contribution in [-0.4, -0.2) is 126 Å². The molecule has 2 aliphatic heterocycles. The number of nitrogens with one attached hydrogen (secondary N) is 1. The number of aliphatic carboxylic acids is 1. The predicted molar refractivity (Wildman–Crippen MR) is 167 cm³/mol. The third-order valence-corrected chi connectivity index (χ3v) is 8.17. The monoisotopic (exact) mass is 641 g/mol. The lowest BCUT2D eigenvalue weighted by molar-refractivity contribution is -0.138. The van der Waals surface area contributed by atoms with E-state index in [2.05, 4.69) is 10.3 Å². The van der Waals surface area contributed by atoms with Gasteiger partial charge in [0.15, 0.2) is 6.61 Å². The van der Waals surface area contributed by atoms with Gasteiger partial charge in [0.25, 0.3) is 11.8 Å². The Morgan fingerprint density at radius 1 is 1.04 bits per heavy atom. The minimum atomic E-state index is -1.14. The molecule has 2 atom stereocenters. The van der Waals surface area contributed by atoms with Crippen LogP contribution in [0.15, 0.2) is 24.3 Å². The number of fused-ring (bicyclic) bond motifs is 1. The Bertz CT molecular complexity index is 1430. The van der Waals surface area contributed by atoms with Crippen molar-refractivity contribution in [3.05, 3.63) is 35.5 Å². The number of carbonyl (C=O) groups excluding carboxylic acids is 4. The highest BCUT2D eigenvalue weighted by molar-refractivity contribution is 5.99. The number of aryl methyl sites for hydroxylation is 1. The second-order valence-electron chi connectivity index (χ2n) is 11.5. The van der Waals surface area contributed by atoms with Crippen LogP contribution in [0, 0.1) is 6.92 Å². The third-order valence-electron chi connectivity index (χ3n) is 8.17. The van der Waals surface area contributed by atoms with Crippen molar-refractivity contribution in [3.8, 4) is 5.75 Å². The van der Waals surface area contributed by atoms with E-state index in [0.29, 0.717) is 30.6 Å². The van der Waals surface area contributed by atoms with Crippen LogP contribution in [-0.2, 0) is 23.9 Å². The summed E-state index contributed by atoms with van der Waals surface area (Å²) in [5, 5.41) is 12.6. The third kappa shape index (κ3) is 9.05. The number of ether oxygens (including phenoxy) is 3. The molecule has 250 valence electrons. The maximum atomic E-state index is 13.5. The van der Waals surface area contributed by atoms with Gasteiger partial charge in [0.05, 0.1) is 18.2 Å². The number of aromatic nitrogens is 1. The molecule has 2 aliphatic rings. The molecule has 1 aromatic carbocycles. The number of carboxylic acids is 1. The van der Waals surface area contributed by atoms with Crippen LogP contribution < -0.4 is 10.1 Å². The van der Waals surface area contributed by atoms with E-state index in [-0.39, 0.29) is 69.1 Å². The van der Waals surface area contributed by atoms with Gasteiger partial charge in [-0.25, -0.2) is 9.78 Å². The number of benzene rings is 1. The molecule has 2 saturated heterocycles. The first-order valence-electron chi connectivity index (χ1n) is 15.7. The second kappa shape index (κ2) is 16.2. The average molecular weight is 642 g/mol. The van der Waals surface area contributed by atoms with E-state index in [0.717, 1.165) is 24.8 Å². The Hall–Kier alpha value is -4.46. The van der Waals surface area contributed by atoms with Crippen molar-refractivity contribution in [2.75, 3.05) is 59.6 Å². The van der Waals surface area contributed by atoms with E-state index in [1.54, 1.807) is 24.1 Å². The number of methoxy groups -OCH3 is 1. The van der Waals surface area contributed by atoms with E-state index >= 15 is 0 Å². The summed E-state index contributed by atoms with van der Waals surface area (Å²) in [5.41, 5.74) is 1.31. The van der Waals surface area contributed by atoms with Gasteiger partial charge in [0.2, 0.25) is 5.91 Å². The molecule has 2 unspecified atom stereocenters. The van der Waals surface area contributed by atoms with E-state index < -0.39 is 29.9 Å². The Morgan fingerprint density at radius 2 is 1.78 bits per heavy atom. The lowest BCUT2D eigenvalue weighted by Crippen LogP contribution is -2.56. The lowest BCUT2D eigenvalue weighted by atomic mass is 10.1. The maximum Gasteiger partial charge on any atom is 0.409 e. The quantitative estimate of drug-likeness (QED) is 0.310. The molecule has 0 spiro atoms. The highest BCUT2D eigenvalue weighted by Crippen LogP contribution is 2.27. The maximum absolute atomic E-state index is 13.5. The molecule has 0 saturated carbocycles. The summed E-state index contributed by atoms with van der Waals surface area (Å²) in [4.78, 5) is 72.8. The van der Waals surface area contributed by atoms with Gasteiger partial charge in [-0.15, -0.1) is 0 Å². The van der Waals surface area contributed by atoms with E-state index in [1.165, 1.54) is 15.9 Å². The minimum absolute atomic E-state index is 0.0170. The van der Waals surface area contributed by atoms with Crippen molar-refractivity contribution >= 4 is 40.7 Å². The van der Waals surface area contributed by atoms with Crippen molar-refractivity contribution < 1.29 is 43.3 Å². The van der Waals surface area contributed by atoms with Crippen molar-refractivity contribution in [3.63, 3.8) is 0 Å². The van der Waals surface area contributed by atoms with Crippen molar-refractivity contribution in [2.45, 2.75) is 58.1 Å².